The third kappa shape index (κ3) is 3.31. The van der Waals surface area contributed by atoms with Gasteiger partial charge < -0.3 is 4.52 Å². The molecule has 6 nitrogen and oxygen atoms in total. The lowest BCUT2D eigenvalue weighted by atomic mass is 9.89. The molecule has 1 aliphatic heterocycles. The van der Waals surface area contributed by atoms with Crippen LogP contribution in [0.2, 0.25) is 0 Å². The van der Waals surface area contributed by atoms with E-state index >= 15 is 0 Å². The number of carbonyl (C=O) groups excluding carboxylic acids is 1. The van der Waals surface area contributed by atoms with Gasteiger partial charge in [0.15, 0.2) is 11.5 Å². The molecule has 0 spiro atoms. The van der Waals surface area contributed by atoms with Gasteiger partial charge in [-0.1, -0.05) is 5.16 Å². The largest absolute Gasteiger partial charge is 0.360 e. The summed E-state index contributed by atoms with van der Waals surface area (Å²) >= 11 is 0. The molecule has 1 saturated heterocycles. The van der Waals surface area contributed by atoms with Crippen molar-refractivity contribution in [2.24, 2.45) is 5.92 Å². The van der Waals surface area contributed by atoms with Crippen LogP contribution in [-0.4, -0.2) is 36.8 Å². The van der Waals surface area contributed by atoms with Gasteiger partial charge in [0.05, 0.1) is 0 Å². The van der Waals surface area contributed by atoms with Crippen molar-refractivity contribution < 1.29 is 22.1 Å². The van der Waals surface area contributed by atoms with Crippen molar-refractivity contribution in [1.29, 1.82) is 0 Å². The number of sulfonamides is 1. The van der Waals surface area contributed by atoms with Gasteiger partial charge in [-0.2, -0.15) is 4.31 Å². The first-order valence-corrected chi connectivity index (χ1v) is 9.89. The van der Waals surface area contributed by atoms with Crippen LogP contribution < -0.4 is 0 Å². The number of benzene rings is 1. The first kappa shape index (κ1) is 18.7. The molecule has 140 valence electrons. The Labute approximate surface area is 152 Å². The number of ketones is 1. The molecule has 0 N–H and O–H groups in total. The van der Waals surface area contributed by atoms with Gasteiger partial charge in [-0.05, 0) is 57.4 Å². The summed E-state index contributed by atoms with van der Waals surface area (Å²) in [7, 11) is -3.69. The fraction of sp³-hybridized carbons (Fsp3) is 0.444. The second kappa shape index (κ2) is 6.92. The number of carbonyl (C=O) groups is 1. The molecular weight excluding hydrogens is 359 g/mol. The zero-order valence-corrected chi connectivity index (χ0v) is 15.8. The number of aromatic nitrogens is 1. The summed E-state index contributed by atoms with van der Waals surface area (Å²) < 4.78 is 45.4. The highest BCUT2D eigenvalue weighted by Gasteiger charge is 2.35. The van der Waals surface area contributed by atoms with Crippen molar-refractivity contribution in [2.45, 2.75) is 38.5 Å². The highest BCUT2D eigenvalue weighted by atomic mass is 32.2. The van der Waals surface area contributed by atoms with E-state index in [1.165, 1.54) is 16.4 Å². The van der Waals surface area contributed by atoms with Gasteiger partial charge in [-0.3, -0.25) is 4.79 Å². The van der Waals surface area contributed by atoms with Crippen LogP contribution in [0, 0.1) is 32.5 Å². The van der Waals surface area contributed by atoms with Crippen LogP contribution in [0.15, 0.2) is 27.6 Å². The molecule has 0 unspecified atom stereocenters. The van der Waals surface area contributed by atoms with Crippen molar-refractivity contribution in [2.75, 3.05) is 13.1 Å². The highest BCUT2D eigenvalue weighted by Crippen LogP contribution is 2.29. The zero-order chi connectivity index (χ0) is 19.1. The van der Waals surface area contributed by atoms with E-state index in [0.717, 1.165) is 0 Å². The normalized spacial score (nSPS) is 16.8. The van der Waals surface area contributed by atoms with Gasteiger partial charge in [-0.15, -0.1) is 0 Å². The fourth-order valence-corrected chi connectivity index (χ4v) is 5.12. The molecule has 0 aliphatic carbocycles. The standard InChI is InChI=1S/C18H21FN2O4S/c1-11-10-15(4-5-16(11)19)17(22)14-6-8-21(9-7-14)26(23,24)18-12(2)20-25-13(18)3/h4-5,10,14H,6-9H2,1-3H3. The Morgan fingerprint density at radius 2 is 1.88 bits per heavy atom. The quantitative estimate of drug-likeness (QED) is 0.762. The maximum Gasteiger partial charge on any atom is 0.248 e. The van der Waals surface area contributed by atoms with Crippen molar-refractivity contribution >= 4 is 15.8 Å². The van der Waals surface area contributed by atoms with E-state index < -0.39 is 10.0 Å². The van der Waals surface area contributed by atoms with Crippen LogP contribution in [0.25, 0.3) is 0 Å². The summed E-state index contributed by atoms with van der Waals surface area (Å²) in [6.07, 6.45) is 0.857. The van der Waals surface area contributed by atoms with Crippen LogP contribution in [0.4, 0.5) is 4.39 Å². The predicted molar refractivity (Wildman–Crippen MR) is 92.9 cm³/mol. The van der Waals surface area contributed by atoms with Gasteiger partial charge >= 0.3 is 0 Å². The minimum Gasteiger partial charge on any atom is -0.360 e. The Bertz CT molecular complexity index is 925. The van der Waals surface area contributed by atoms with E-state index in [2.05, 4.69) is 5.16 Å². The van der Waals surface area contributed by atoms with Gasteiger partial charge in [-0.25, -0.2) is 12.8 Å². The van der Waals surface area contributed by atoms with E-state index in [0.29, 0.717) is 29.7 Å². The molecule has 0 saturated carbocycles. The van der Waals surface area contributed by atoms with Crippen molar-refractivity contribution in [3.8, 4) is 0 Å². The van der Waals surface area contributed by atoms with Crippen LogP contribution in [0.1, 0.15) is 40.2 Å². The van der Waals surface area contributed by atoms with Gasteiger partial charge in [0.2, 0.25) is 10.0 Å². The Balaban J connectivity index is 1.73. The third-order valence-electron chi connectivity index (χ3n) is 4.83. The summed E-state index contributed by atoms with van der Waals surface area (Å²) in [5.41, 5.74) is 1.23. The van der Waals surface area contributed by atoms with E-state index in [9.17, 15) is 17.6 Å². The summed E-state index contributed by atoms with van der Waals surface area (Å²) in [6.45, 7) is 5.29. The second-order valence-electron chi connectivity index (χ2n) is 6.66. The molecule has 2 aromatic rings. The van der Waals surface area contributed by atoms with Crippen LogP contribution >= 0.6 is 0 Å². The highest BCUT2D eigenvalue weighted by molar-refractivity contribution is 7.89. The minimum atomic E-state index is -3.69. The molecule has 8 heteroatoms. The molecule has 2 heterocycles. The van der Waals surface area contributed by atoms with E-state index in [-0.39, 0.29) is 41.3 Å². The van der Waals surface area contributed by atoms with Gasteiger partial charge in [0.1, 0.15) is 16.4 Å². The number of aryl methyl sites for hydroxylation is 3. The number of hydrogen-bond acceptors (Lipinski definition) is 5. The average molecular weight is 380 g/mol. The van der Waals surface area contributed by atoms with E-state index in [1.807, 2.05) is 0 Å². The van der Waals surface area contributed by atoms with Crippen LogP contribution in [-0.2, 0) is 10.0 Å². The fourth-order valence-electron chi connectivity index (χ4n) is 3.36. The number of piperidine rings is 1. The summed E-state index contributed by atoms with van der Waals surface area (Å²) in [6, 6.07) is 4.32. The summed E-state index contributed by atoms with van der Waals surface area (Å²) in [5, 5.41) is 3.71. The molecule has 1 aliphatic rings. The monoisotopic (exact) mass is 380 g/mol. The molecule has 0 amide bonds. The molecule has 0 bridgehead atoms. The number of nitrogens with zero attached hydrogens (tertiary/aromatic N) is 2. The zero-order valence-electron chi connectivity index (χ0n) is 15.0. The van der Waals surface area contributed by atoms with Crippen molar-refractivity contribution in [3.63, 3.8) is 0 Å². The Morgan fingerprint density at radius 3 is 2.42 bits per heavy atom. The molecule has 1 fully saturated rings. The number of halogens is 1. The summed E-state index contributed by atoms with van der Waals surface area (Å²) in [4.78, 5) is 12.7. The Kier molecular flexibility index (Phi) is 4.98. The van der Waals surface area contributed by atoms with E-state index in [1.54, 1.807) is 26.8 Å². The molecule has 0 atom stereocenters. The maximum atomic E-state index is 13.4. The molecule has 1 aromatic carbocycles. The topological polar surface area (TPSA) is 80.5 Å². The second-order valence-corrected chi connectivity index (χ2v) is 8.53. The molecule has 1 aromatic heterocycles. The van der Waals surface area contributed by atoms with Gasteiger partial charge in [0.25, 0.3) is 0 Å². The minimum absolute atomic E-state index is 0.0671. The smallest absolute Gasteiger partial charge is 0.248 e. The SMILES string of the molecule is Cc1cc(C(=O)C2CCN(S(=O)(=O)c3c(C)noc3C)CC2)ccc1F. The van der Waals surface area contributed by atoms with Crippen LogP contribution in [0.5, 0.6) is 0 Å². The number of rotatable bonds is 4. The average Bonchev–Trinajstić information content (AvgIpc) is 2.96. The molecule has 3 rings (SSSR count). The first-order chi connectivity index (χ1) is 12.2. The molecular formula is C18H21FN2O4S. The summed E-state index contributed by atoms with van der Waals surface area (Å²) in [5.74, 6) is -0.414. The Morgan fingerprint density at radius 1 is 1.23 bits per heavy atom. The number of hydrogen-bond donors (Lipinski definition) is 0. The molecule has 26 heavy (non-hydrogen) atoms. The third-order valence-corrected chi connectivity index (χ3v) is 6.98. The maximum absolute atomic E-state index is 13.4. The lowest BCUT2D eigenvalue weighted by Gasteiger charge is -2.30. The molecule has 0 radical (unpaired) electrons. The van der Waals surface area contributed by atoms with Crippen molar-refractivity contribution in [3.05, 3.63) is 46.6 Å². The predicted octanol–water partition coefficient (Wildman–Crippen LogP) is 3.02. The van der Waals surface area contributed by atoms with E-state index in [4.69, 9.17) is 4.52 Å². The van der Waals surface area contributed by atoms with Crippen molar-refractivity contribution in [1.82, 2.24) is 9.46 Å². The first-order valence-electron chi connectivity index (χ1n) is 8.45. The van der Waals surface area contributed by atoms with Gasteiger partial charge in [0, 0.05) is 24.6 Å². The number of Topliss-reactive ketones (excluding diaryl/α,β-unsaturated/α-hetero) is 1. The Hall–Kier alpha value is -2.06. The lowest BCUT2D eigenvalue weighted by molar-refractivity contribution is 0.0875. The van der Waals surface area contributed by atoms with Crippen LogP contribution in [0.3, 0.4) is 0 Å². The lowest BCUT2D eigenvalue weighted by Crippen LogP contribution is -2.40.